The quantitative estimate of drug-likeness (QED) is 0.181. The highest BCUT2D eigenvalue weighted by atomic mass is 16.7. The normalized spacial score (nSPS) is 55.2. The smallest absolute Gasteiger partial charge is 0.302 e. The molecule has 7 aliphatic rings. The predicted octanol–water partition coefficient (Wildman–Crippen LogP) is 1.83. The van der Waals surface area contributed by atoms with E-state index in [9.17, 15) is 35.4 Å². The molecule has 5 aliphatic carbocycles. The first-order valence-electron chi connectivity index (χ1n) is 18.4. The summed E-state index contributed by atoms with van der Waals surface area (Å²) in [5.41, 5.74) is -4.46. The number of ketones is 1. The van der Waals surface area contributed by atoms with Crippen molar-refractivity contribution in [3.8, 4) is 0 Å². The maximum Gasteiger partial charge on any atom is 0.302 e. The topological polar surface area (TPSA) is 192 Å². The van der Waals surface area contributed by atoms with Crippen molar-refractivity contribution in [2.24, 2.45) is 50.7 Å². The van der Waals surface area contributed by atoms with Crippen LogP contribution in [0.4, 0.5) is 0 Å². The van der Waals surface area contributed by atoms with Crippen LogP contribution in [0.2, 0.25) is 0 Å². The molecule has 2 saturated heterocycles. The van der Waals surface area contributed by atoms with Crippen molar-refractivity contribution in [1.82, 2.24) is 0 Å². The number of carbonyl (C=O) groups excluding carboxylic acids is 2. The Labute approximate surface area is 288 Å². The third kappa shape index (κ3) is 4.48. The minimum atomic E-state index is -2.23. The van der Waals surface area contributed by atoms with Gasteiger partial charge < -0.3 is 49.6 Å². The molecule has 2 spiro atoms. The Morgan fingerprint density at radius 3 is 2.29 bits per heavy atom. The first-order valence-corrected chi connectivity index (χ1v) is 18.4. The van der Waals surface area contributed by atoms with Crippen LogP contribution in [-0.4, -0.2) is 109 Å². The third-order valence-electron chi connectivity index (χ3n) is 15.7. The fourth-order valence-electron chi connectivity index (χ4n) is 13.5. The highest BCUT2D eigenvalue weighted by Gasteiger charge is 2.89. The zero-order chi connectivity index (χ0) is 36.1. The molecular weight excluding hydrogens is 636 g/mol. The lowest BCUT2D eigenvalue weighted by molar-refractivity contribution is -0.311. The van der Waals surface area contributed by atoms with E-state index in [0.29, 0.717) is 25.7 Å². The van der Waals surface area contributed by atoms with E-state index in [0.717, 1.165) is 19.3 Å². The second kappa shape index (κ2) is 10.9. The first kappa shape index (κ1) is 36.2. The number of hydrogen-bond acceptors (Lipinski definition) is 12. The van der Waals surface area contributed by atoms with Crippen LogP contribution >= 0.6 is 0 Å². The highest BCUT2D eigenvalue weighted by Crippen LogP contribution is 2.89. The molecule has 0 amide bonds. The molecule has 7 fully saturated rings. The fourth-order valence-corrected chi connectivity index (χ4v) is 13.5. The molecule has 6 N–H and O–H groups in total. The van der Waals surface area contributed by atoms with Gasteiger partial charge in [0.25, 0.3) is 0 Å². The van der Waals surface area contributed by atoms with Crippen molar-refractivity contribution in [3.05, 3.63) is 0 Å². The predicted molar refractivity (Wildman–Crippen MR) is 172 cm³/mol. The van der Waals surface area contributed by atoms with Gasteiger partial charge >= 0.3 is 5.97 Å². The van der Waals surface area contributed by atoms with Gasteiger partial charge in [-0.05, 0) is 92.8 Å². The number of carbonyl (C=O) groups is 2. The third-order valence-corrected chi connectivity index (χ3v) is 15.7. The molecule has 5 saturated carbocycles. The lowest BCUT2D eigenvalue weighted by Crippen LogP contribution is -2.65. The Morgan fingerprint density at radius 1 is 1.00 bits per heavy atom. The Morgan fingerprint density at radius 2 is 1.65 bits per heavy atom. The number of hydrogen-bond donors (Lipinski definition) is 6. The van der Waals surface area contributed by atoms with E-state index >= 15 is 4.79 Å². The van der Waals surface area contributed by atoms with E-state index in [1.165, 1.54) is 20.8 Å². The summed E-state index contributed by atoms with van der Waals surface area (Å²) in [6, 6.07) is 0. The van der Waals surface area contributed by atoms with Crippen molar-refractivity contribution in [1.29, 1.82) is 0 Å². The monoisotopic (exact) mass is 694 g/mol. The van der Waals surface area contributed by atoms with Gasteiger partial charge in [-0.15, -0.1) is 0 Å². The van der Waals surface area contributed by atoms with Gasteiger partial charge in [0.05, 0.1) is 24.4 Å². The van der Waals surface area contributed by atoms with E-state index in [1.54, 1.807) is 0 Å². The molecule has 0 aromatic heterocycles. The molecule has 2 heterocycles. The fraction of sp³-hybridized carbons (Fsp3) is 0.946. The van der Waals surface area contributed by atoms with Crippen LogP contribution in [0, 0.1) is 50.7 Å². The summed E-state index contributed by atoms with van der Waals surface area (Å²) in [4.78, 5) is 27.9. The highest BCUT2D eigenvalue weighted by molar-refractivity contribution is 5.96. The van der Waals surface area contributed by atoms with Crippen LogP contribution in [0.1, 0.15) is 100 Å². The lowest BCUT2D eigenvalue weighted by atomic mass is 9.40. The minimum Gasteiger partial charge on any atom is -0.462 e. The number of Topliss-reactive ketones (excluding diaryl/α,β-unsaturated/α-hetero) is 1. The summed E-state index contributed by atoms with van der Waals surface area (Å²) in [6.45, 7) is 14.5. The Balaban J connectivity index is 1.24. The number of esters is 1. The average molecular weight is 695 g/mol. The van der Waals surface area contributed by atoms with Crippen LogP contribution in [0.15, 0.2) is 0 Å². The van der Waals surface area contributed by atoms with Crippen LogP contribution in [0.25, 0.3) is 0 Å². The number of ether oxygens (including phenoxy) is 4. The van der Waals surface area contributed by atoms with Crippen molar-refractivity contribution in [3.63, 3.8) is 0 Å². The van der Waals surface area contributed by atoms with Gasteiger partial charge in [-0.1, -0.05) is 34.6 Å². The van der Waals surface area contributed by atoms with Crippen molar-refractivity contribution < 1.29 is 59.2 Å². The molecule has 17 atom stereocenters. The average Bonchev–Trinajstić information content (AvgIpc) is 3.63. The minimum absolute atomic E-state index is 0.114. The molecule has 0 aromatic carbocycles. The van der Waals surface area contributed by atoms with E-state index in [4.69, 9.17) is 18.9 Å². The Kier molecular flexibility index (Phi) is 8.05. The number of aliphatic hydroxyl groups excluding tert-OH is 4. The summed E-state index contributed by atoms with van der Waals surface area (Å²) >= 11 is 0. The molecule has 49 heavy (non-hydrogen) atoms. The molecule has 7 rings (SSSR count). The van der Waals surface area contributed by atoms with Gasteiger partial charge in [0.1, 0.15) is 30.5 Å². The van der Waals surface area contributed by atoms with Gasteiger partial charge in [-0.3, -0.25) is 9.59 Å². The summed E-state index contributed by atoms with van der Waals surface area (Å²) < 4.78 is 24.6. The van der Waals surface area contributed by atoms with Crippen LogP contribution in [0.5, 0.6) is 0 Å². The second-order valence-electron chi connectivity index (χ2n) is 18.7. The molecule has 0 radical (unpaired) electrons. The summed E-state index contributed by atoms with van der Waals surface area (Å²) in [5.74, 6) is -4.02. The van der Waals surface area contributed by atoms with Crippen LogP contribution in [-0.2, 0) is 28.5 Å². The van der Waals surface area contributed by atoms with E-state index in [1.807, 2.05) is 20.8 Å². The number of aliphatic hydroxyl groups is 6. The molecule has 0 bridgehead atoms. The Hall–Kier alpha value is -1.22. The Bertz CT molecular complexity index is 1380. The van der Waals surface area contributed by atoms with E-state index in [2.05, 4.69) is 13.8 Å². The zero-order valence-electron chi connectivity index (χ0n) is 30.2. The van der Waals surface area contributed by atoms with Gasteiger partial charge in [-0.25, -0.2) is 0 Å². The zero-order valence-corrected chi connectivity index (χ0v) is 30.2. The standard InChI is InChI=1S/C37H58O12/c1-17-13-20(28(42)32(5,6)44)49-37(45)27(17)34(8)24(47-18(2)38)14-36-16-35(36)12-11-23(48-29-26(41)25(40)19(39)15-46-29)31(3,4)21(35)9-10-22(36)33(34,7)30(37)43/h17,19-29,39-42,44-45H,9-16H2,1-8H3/t17-,19-,20-,21+,22+,23+,24-,25+,26-,27-,28+,29+,33-,34-,35-,36+,37-/m1/s1. The SMILES string of the molecule is CC(=O)O[C@@H]1C[C@@]23C[C@@]24CC[C@H](O[C@@H]2OC[C@@H](O)[C@H](O)[C@H]2O)C(C)(C)[C@@H]4CC[C@H]3[C@]2(C)C(=O)[C@]3(O)O[C@@H]([C@H](O)C(C)(C)O)C[C@@H](C)[C@@H]3[C@@]12C. The maximum absolute atomic E-state index is 15.1. The molecule has 12 nitrogen and oxygen atoms in total. The van der Waals surface area contributed by atoms with Gasteiger partial charge in [-0.2, -0.15) is 0 Å². The number of fused-ring (bicyclic) bond motifs is 4. The van der Waals surface area contributed by atoms with Crippen LogP contribution in [0.3, 0.4) is 0 Å². The molecule has 0 aromatic rings. The van der Waals surface area contributed by atoms with E-state index in [-0.39, 0.29) is 46.7 Å². The molecule has 0 unspecified atom stereocenters. The molecule has 278 valence electrons. The number of rotatable bonds is 5. The van der Waals surface area contributed by atoms with Gasteiger partial charge in [0.15, 0.2) is 12.1 Å². The summed E-state index contributed by atoms with van der Waals surface area (Å²) in [5, 5.41) is 65.1. The van der Waals surface area contributed by atoms with Crippen molar-refractivity contribution in [2.75, 3.05) is 6.61 Å². The van der Waals surface area contributed by atoms with Crippen molar-refractivity contribution >= 4 is 11.8 Å². The molecule has 2 aliphatic heterocycles. The maximum atomic E-state index is 15.1. The largest absolute Gasteiger partial charge is 0.462 e. The summed E-state index contributed by atoms with van der Waals surface area (Å²) in [6.07, 6.45) is -3.53. The van der Waals surface area contributed by atoms with Crippen molar-refractivity contribution in [2.45, 2.75) is 161 Å². The van der Waals surface area contributed by atoms with Gasteiger partial charge in [0, 0.05) is 23.7 Å². The van der Waals surface area contributed by atoms with E-state index < -0.39 is 82.8 Å². The second-order valence-corrected chi connectivity index (χ2v) is 18.7. The first-order chi connectivity index (χ1) is 22.5. The molecular formula is C37H58O12. The van der Waals surface area contributed by atoms with Gasteiger partial charge in [0.2, 0.25) is 5.79 Å². The molecule has 12 heteroatoms. The lowest BCUT2D eigenvalue weighted by Gasteiger charge is -2.64. The van der Waals surface area contributed by atoms with Crippen LogP contribution < -0.4 is 0 Å². The summed E-state index contributed by atoms with van der Waals surface area (Å²) in [7, 11) is 0.